The molecule has 0 radical (unpaired) electrons. The van der Waals surface area contributed by atoms with Gasteiger partial charge in [-0.05, 0) is 0 Å². The molecule has 15 heavy (non-hydrogen) atoms. The lowest BCUT2D eigenvalue weighted by atomic mass is 10.7. The van der Waals surface area contributed by atoms with Crippen LogP contribution in [-0.4, -0.2) is 45.5 Å². The Morgan fingerprint density at radius 2 is 1.60 bits per heavy atom. The summed E-state index contributed by atoms with van der Waals surface area (Å²) in [5.74, 6) is -5.22. The zero-order valence-electron chi connectivity index (χ0n) is 7.24. The van der Waals surface area contributed by atoms with Gasteiger partial charge in [-0.1, -0.05) is 0 Å². The molecule has 0 amide bonds. The van der Waals surface area contributed by atoms with Gasteiger partial charge in [0, 0.05) is 0 Å². The van der Waals surface area contributed by atoms with Crippen molar-refractivity contribution >= 4 is 32.2 Å². The van der Waals surface area contributed by atoms with Crippen molar-refractivity contribution in [2.24, 2.45) is 0 Å². The highest BCUT2D eigenvalue weighted by Gasteiger charge is 2.23. The number of carbonyl (C=O) groups excluding carboxylic acids is 2. The number of rotatable bonds is 3. The summed E-state index contributed by atoms with van der Waals surface area (Å²) in [5.41, 5.74) is 0. The minimum absolute atomic E-state index is 0.501. The summed E-state index contributed by atoms with van der Waals surface area (Å²) in [6, 6.07) is 0. The largest absolute Gasteiger partial charge is 0.438 e. The summed E-state index contributed by atoms with van der Waals surface area (Å²) in [5, 5.41) is 0. The Morgan fingerprint density at radius 3 is 1.93 bits per heavy atom. The van der Waals surface area contributed by atoms with Crippen LogP contribution in [0.1, 0.15) is 0 Å². The molecule has 11 heteroatoms. The van der Waals surface area contributed by atoms with E-state index in [1.54, 1.807) is 0 Å². The molecular weight excluding hydrogens is 256 g/mol. The molecule has 0 aromatic carbocycles. The topological polar surface area (TPSA) is 141 Å². The van der Waals surface area contributed by atoms with Crippen LogP contribution in [0.15, 0.2) is 0 Å². The van der Waals surface area contributed by atoms with E-state index in [1.165, 1.54) is 0 Å². The summed E-state index contributed by atoms with van der Waals surface area (Å²) in [6.45, 7) is 0. The van der Waals surface area contributed by atoms with Gasteiger partial charge in [0.2, 0.25) is 5.94 Å². The molecule has 88 valence electrons. The predicted molar refractivity (Wildman–Crippen MR) is 43.4 cm³/mol. The Hall–Kier alpha value is -1.20. The van der Waals surface area contributed by atoms with Crippen LogP contribution in [0.3, 0.4) is 0 Å². The van der Waals surface area contributed by atoms with Gasteiger partial charge in [-0.25, -0.2) is 9.59 Å². The molecule has 0 bridgehead atoms. The van der Waals surface area contributed by atoms with Gasteiger partial charge >= 0.3 is 32.2 Å². The van der Waals surface area contributed by atoms with Crippen molar-refractivity contribution in [2.45, 2.75) is 0 Å². The Kier molecular flexibility index (Phi) is 4.18. The number of hydrogen-bond donors (Lipinski definition) is 1. The summed E-state index contributed by atoms with van der Waals surface area (Å²) >= 11 is 0. The lowest BCUT2D eigenvalue weighted by Gasteiger charge is -2.01. The minimum atomic E-state index is -4.60. The molecule has 0 rings (SSSR count). The fourth-order valence-corrected chi connectivity index (χ4v) is 0.957. The van der Waals surface area contributed by atoms with E-state index in [0.29, 0.717) is 6.26 Å². The SMILES string of the molecule is CS(=O)(=O)OC(=O)C(=O)OCS(=O)(=O)O. The lowest BCUT2D eigenvalue weighted by Crippen LogP contribution is -2.25. The molecule has 1 N–H and O–H groups in total. The number of esters is 1. The molecule has 0 fully saturated rings. The quantitative estimate of drug-likeness (QED) is 0.261. The highest BCUT2D eigenvalue weighted by Crippen LogP contribution is 1.93. The zero-order valence-corrected chi connectivity index (χ0v) is 8.87. The standard InChI is InChI=1S/C4H6O9S2/c1-14(7,8)13-4(6)3(5)12-2-15(9,10)11/h2H2,1H3,(H,9,10,11). The molecule has 0 saturated carbocycles. The van der Waals surface area contributed by atoms with E-state index in [2.05, 4.69) is 8.92 Å². The average molecular weight is 262 g/mol. The van der Waals surface area contributed by atoms with Gasteiger partial charge < -0.3 is 8.92 Å². The van der Waals surface area contributed by atoms with Crippen molar-refractivity contribution in [1.82, 2.24) is 0 Å². The molecular formula is C4H6O9S2. The molecule has 0 heterocycles. The maximum Gasteiger partial charge on any atom is 0.432 e. The van der Waals surface area contributed by atoms with Crippen molar-refractivity contribution in [1.29, 1.82) is 0 Å². The van der Waals surface area contributed by atoms with E-state index in [0.717, 1.165) is 0 Å². The van der Waals surface area contributed by atoms with Gasteiger partial charge in [0.05, 0.1) is 6.26 Å². The van der Waals surface area contributed by atoms with Gasteiger partial charge in [0.15, 0.2) is 0 Å². The van der Waals surface area contributed by atoms with E-state index in [4.69, 9.17) is 4.55 Å². The fourth-order valence-electron chi connectivity index (χ4n) is 0.358. The molecule has 0 saturated heterocycles. The summed E-state index contributed by atoms with van der Waals surface area (Å²) in [7, 11) is -8.78. The molecule has 0 atom stereocenters. The van der Waals surface area contributed by atoms with Crippen molar-refractivity contribution in [3.05, 3.63) is 0 Å². The van der Waals surface area contributed by atoms with Gasteiger partial charge in [-0.3, -0.25) is 4.55 Å². The molecule has 0 aromatic heterocycles. The summed E-state index contributed by atoms with van der Waals surface area (Å²) in [6.07, 6.45) is 0.501. The first-order valence-electron chi connectivity index (χ1n) is 3.07. The molecule has 0 unspecified atom stereocenters. The van der Waals surface area contributed by atoms with Gasteiger partial charge in [0.25, 0.3) is 0 Å². The minimum Gasteiger partial charge on any atom is -0.438 e. The summed E-state index contributed by atoms with van der Waals surface area (Å²) in [4.78, 5) is 21.1. The van der Waals surface area contributed by atoms with Crippen molar-refractivity contribution in [3.8, 4) is 0 Å². The third-order valence-corrected chi connectivity index (χ3v) is 1.60. The maximum atomic E-state index is 10.5. The van der Waals surface area contributed by atoms with Crippen molar-refractivity contribution in [3.63, 3.8) is 0 Å². The Balaban J connectivity index is 4.31. The molecule has 0 aliphatic heterocycles. The zero-order chi connectivity index (χ0) is 12.3. The van der Waals surface area contributed by atoms with Crippen LogP contribution in [0, 0.1) is 0 Å². The molecule has 0 aromatic rings. The third-order valence-electron chi connectivity index (χ3n) is 0.733. The van der Waals surface area contributed by atoms with Crippen molar-refractivity contribution in [2.75, 3.05) is 12.2 Å². The molecule has 0 aliphatic rings. The molecule has 0 aliphatic carbocycles. The monoisotopic (exact) mass is 262 g/mol. The maximum absolute atomic E-state index is 10.5. The van der Waals surface area contributed by atoms with E-state index in [-0.39, 0.29) is 0 Å². The van der Waals surface area contributed by atoms with Crippen LogP contribution < -0.4 is 0 Å². The van der Waals surface area contributed by atoms with E-state index in [9.17, 15) is 26.4 Å². The second-order valence-corrected chi connectivity index (χ2v) is 5.18. The average Bonchev–Trinajstić information content (AvgIpc) is 1.95. The van der Waals surface area contributed by atoms with Crippen molar-refractivity contribution < 1.29 is 39.9 Å². The highest BCUT2D eigenvalue weighted by atomic mass is 32.2. The van der Waals surface area contributed by atoms with Crippen LogP contribution in [0.4, 0.5) is 0 Å². The first kappa shape index (κ1) is 13.8. The second kappa shape index (κ2) is 4.55. The smallest absolute Gasteiger partial charge is 0.432 e. The van der Waals surface area contributed by atoms with Crippen LogP contribution in [0.25, 0.3) is 0 Å². The van der Waals surface area contributed by atoms with E-state index < -0.39 is 38.1 Å². The van der Waals surface area contributed by atoms with Gasteiger partial charge in [-0.2, -0.15) is 16.8 Å². The van der Waals surface area contributed by atoms with E-state index >= 15 is 0 Å². The normalized spacial score (nSPS) is 11.9. The lowest BCUT2D eigenvalue weighted by molar-refractivity contribution is -0.160. The second-order valence-electron chi connectivity index (χ2n) is 2.21. The summed E-state index contributed by atoms with van der Waals surface area (Å²) < 4.78 is 56.1. The Labute approximate surface area is 84.8 Å². The van der Waals surface area contributed by atoms with E-state index in [1.807, 2.05) is 0 Å². The van der Waals surface area contributed by atoms with Gasteiger partial charge in [-0.15, -0.1) is 0 Å². The first-order chi connectivity index (χ1) is 6.51. The number of ether oxygens (including phenoxy) is 1. The molecule has 0 spiro atoms. The number of hydrogen-bond acceptors (Lipinski definition) is 8. The Morgan fingerprint density at radius 1 is 1.13 bits per heavy atom. The Bertz CT molecular complexity index is 454. The van der Waals surface area contributed by atoms with Crippen LogP contribution in [0.2, 0.25) is 0 Å². The highest BCUT2D eigenvalue weighted by molar-refractivity contribution is 7.86. The molecule has 9 nitrogen and oxygen atoms in total. The predicted octanol–water partition coefficient (Wildman–Crippen LogP) is -2.12. The van der Waals surface area contributed by atoms with Gasteiger partial charge in [0.1, 0.15) is 0 Å². The van der Waals surface area contributed by atoms with Crippen LogP contribution in [-0.2, 0) is 38.7 Å². The number of carbonyl (C=O) groups is 2. The third kappa shape index (κ3) is 7.84. The van der Waals surface area contributed by atoms with Crippen LogP contribution in [0.5, 0.6) is 0 Å². The fraction of sp³-hybridized carbons (Fsp3) is 0.500. The first-order valence-corrected chi connectivity index (χ1v) is 6.49. The van der Waals surface area contributed by atoms with Crippen LogP contribution >= 0.6 is 0 Å².